The highest BCUT2D eigenvalue weighted by Crippen LogP contribution is 2.47. The largest absolute Gasteiger partial charge is 0.384 e. The van der Waals surface area contributed by atoms with Crippen LogP contribution < -0.4 is 11.1 Å². The molecule has 0 spiro atoms. The number of rotatable bonds is 6. The molecule has 0 aliphatic heterocycles. The molecule has 1 aliphatic carbocycles. The van der Waals surface area contributed by atoms with Gasteiger partial charge in [-0.3, -0.25) is 0 Å². The van der Waals surface area contributed by atoms with E-state index >= 15 is 0 Å². The normalized spacial score (nSPS) is 17.4. The van der Waals surface area contributed by atoms with Gasteiger partial charge in [-0.1, -0.05) is 6.92 Å². The lowest BCUT2D eigenvalue weighted by Crippen LogP contribution is -2.15. The number of aromatic nitrogens is 1. The fraction of sp³-hybridized carbons (Fsp3) is 0.727. The molecule has 1 unspecified atom stereocenters. The number of nitrogen functional groups attached to an aromatic ring is 1. The van der Waals surface area contributed by atoms with Crippen LogP contribution in [-0.4, -0.2) is 24.6 Å². The van der Waals surface area contributed by atoms with Crippen LogP contribution in [0.15, 0.2) is 0 Å². The molecule has 90 valence electrons. The Labute approximate surface area is 100 Å². The summed E-state index contributed by atoms with van der Waals surface area (Å²) in [6.45, 7) is 3.85. The molecule has 1 fully saturated rings. The monoisotopic (exact) mass is 241 g/mol. The van der Waals surface area contributed by atoms with Gasteiger partial charge in [0, 0.05) is 19.2 Å². The summed E-state index contributed by atoms with van der Waals surface area (Å²) in [5, 5.41) is 4.59. The third-order valence-corrected chi connectivity index (χ3v) is 3.64. The Kier molecular flexibility index (Phi) is 3.66. The van der Waals surface area contributed by atoms with Gasteiger partial charge in [0.1, 0.15) is 10.8 Å². The number of methoxy groups -OCH3 is 1. The van der Waals surface area contributed by atoms with Gasteiger partial charge in [0.15, 0.2) is 0 Å². The number of nitrogens with two attached hydrogens (primary N) is 1. The molecule has 0 saturated heterocycles. The Morgan fingerprint density at radius 1 is 1.62 bits per heavy atom. The van der Waals surface area contributed by atoms with Crippen LogP contribution in [0, 0.1) is 5.92 Å². The van der Waals surface area contributed by atoms with E-state index in [-0.39, 0.29) is 0 Å². The minimum absolute atomic E-state index is 0.500. The highest BCUT2D eigenvalue weighted by molar-refractivity contribution is 7.10. The second kappa shape index (κ2) is 5.01. The van der Waals surface area contributed by atoms with Gasteiger partial charge in [-0.05, 0) is 36.2 Å². The Morgan fingerprint density at radius 3 is 3.00 bits per heavy atom. The van der Waals surface area contributed by atoms with Crippen molar-refractivity contribution in [3.05, 3.63) is 5.56 Å². The Bertz CT molecular complexity index is 349. The maximum absolute atomic E-state index is 5.88. The summed E-state index contributed by atoms with van der Waals surface area (Å²) in [4.78, 5) is 0. The molecule has 1 aliphatic rings. The first-order valence-corrected chi connectivity index (χ1v) is 6.47. The van der Waals surface area contributed by atoms with Crippen molar-refractivity contribution in [2.24, 2.45) is 5.92 Å². The molecule has 1 atom stereocenters. The van der Waals surface area contributed by atoms with Crippen LogP contribution in [0.4, 0.5) is 10.8 Å². The summed E-state index contributed by atoms with van der Waals surface area (Å²) in [5.41, 5.74) is 7.13. The van der Waals surface area contributed by atoms with E-state index in [4.69, 9.17) is 10.5 Å². The van der Waals surface area contributed by atoms with Crippen LogP contribution in [0.2, 0.25) is 0 Å². The van der Waals surface area contributed by atoms with Crippen LogP contribution >= 0.6 is 11.5 Å². The lowest BCUT2D eigenvalue weighted by molar-refractivity contribution is 0.164. The summed E-state index contributed by atoms with van der Waals surface area (Å²) in [5.74, 6) is 1.87. The molecule has 0 bridgehead atoms. The molecule has 0 amide bonds. The molecule has 1 heterocycles. The average molecular weight is 241 g/mol. The van der Waals surface area contributed by atoms with Gasteiger partial charge in [0.05, 0.1) is 6.61 Å². The van der Waals surface area contributed by atoms with Crippen molar-refractivity contribution in [3.8, 4) is 0 Å². The number of ether oxygens (including phenoxy) is 1. The summed E-state index contributed by atoms with van der Waals surface area (Å²) in [6, 6.07) is 0. The van der Waals surface area contributed by atoms with Crippen LogP contribution in [0.1, 0.15) is 31.2 Å². The molecule has 0 radical (unpaired) electrons. The van der Waals surface area contributed by atoms with E-state index in [0.29, 0.717) is 11.8 Å². The van der Waals surface area contributed by atoms with E-state index in [1.807, 2.05) is 0 Å². The van der Waals surface area contributed by atoms with E-state index in [0.717, 1.165) is 24.0 Å². The summed E-state index contributed by atoms with van der Waals surface area (Å²) < 4.78 is 9.34. The molecule has 1 saturated carbocycles. The van der Waals surface area contributed by atoms with Crippen LogP contribution in [-0.2, 0) is 4.74 Å². The first kappa shape index (κ1) is 11.7. The Balaban J connectivity index is 1.93. The standard InChI is InChI=1S/C11H19N3OS/c1-7(6-15-2)5-13-11-9(8-3-4-8)10(12)14-16-11/h7-8,13H,3-6H2,1-2H3,(H2,12,14). The van der Waals surface area contributed by atoms with E-state index in [9.17, 15) is 0 Å². The molecule has 1 aromatic heterocycles. The van der Waals surface area contributed by atoms with Gasteiger partial charge < -0.3 is 15.8 Å². The van der Waals surface area contributed by atoms with Crippen molar-refractivity contribution in [2.75, 3.05) is 31.3 Å². The quantitative estimate of drug-likeness (QED) is 0.802. The first-order chi connectivity index (χ1) is 7.72. The van der Waals surface area contributed by atoms with Crippen molar-refractivity contribution in [1.29, 1.82) is 0 Å². The highest BCUT2D eigenvalue weighted by Gasteiger charge is 2.30. The second-order valence-corrected chi connectivity index (χ2v) is 5.30. The smallest absolute Gasteiger partial charge is 0.142 e. The fourth-order valence-electron chi connectivity index (χ4n) is 1.81. The molecule has 0 aromatic carbocycles. The van der Waals surface area contributed by atoms with Gasteiger partial charge in [-0.2, -0.15) is 4.37 Å². The van der Waals surface area contributed by atoms with Crippen LogP contribution in [0.3, 0.4) is 0 Å². The van der Waals surface area contributed by atoms with E-state index in [1.54, 1.807) is 7.11 Å². The fourth-order valence-corrected chi connectivity index (χ4v) is 2.62. The van der Waals surface area contributed by atoms with Crippen LogP contribution in [0.5, 0.6) is 0 Å². The number of hydrogen-bond acceptors (Lipinski definition) is 5. The number of anilines is 2. The topological polar surface area (TPSA) is 60.2 Å². The van der Waals surface area contributed by atoms with E-state index < -0.39 is 0 Å². The van der Waals surface area contributed by atoms with Crippen molar-refractivity contribution in [3.63, 3.8) is 0 Å². The third-order valence-electron chi connectivity index (χ3n) is 2.80. The van der Waals surface area contributed by atoms with Crippen molar-refractivity contribution >= 4 is 22.4 Å². The molecular formula is C11H19N3OS. The number of nitrogens with one attached hydrogen (secondary N) is 1. The molecule has 16 heavy (non-hydrogen) atoms. The van der Waals surface area contributed by atoms with Gasteiger partial charge in [-0.25, -0.2) is 0 Å². The van der Waals surface area contributed by atoms with Gasteiger partial charge in [0.25, 0.3) is 0 Å². The van der Waals surface area contributed by atoms with E-state index in [1.165, 1.54) is 29.9 Å². The molecule has 4 nitrogen and oxygen atoms in total. The summed E-state index contributed by atoms with van der Waals surface area (Å²) >= 11 is 1.48. The number of hydrogen-bond donors (Lipinski definition) is 2. The number of nitrogens with zero attached hydrogens (tertiary/aromatic N) is 1. The lowest BCUT2D eigenvalue weighted by Gasteiger charge is -2.12. The minimum atomic E-state index is 0.500. The van der Waals surface area contributed by atoms with Crippen molar-refractivity contribution < 1.29 is 4.74 Å². The maximum Gasteiger partial charge on any atom is 0.142 e. The van der Waals surface area contributed by atoms with Crippen LogP contribution in [0.25, 0.3) is 0 Å². The lowest BCUT2D eigenvalue weighted by atomic mass is 10.2. The van der Waals surface area contributed by atoms with Crippen molar-refractivity contribution in [1.82, 2.24) is 4.37 Å². The van der Waals surface area contributed by atoms with Gasteiger partial charge in [0.2, 0.25) is 0 Å². The zero-order chi connectivity index (χ0) is 11.5. The molecule has 1 aromatic rings. The summed E-state index contributed by atoms with van der Waals surface area (Å²) in [6.07, 6.45) is 2.51. The zero-order valence-electron chi connectivity index (χ0n) is 9.82. The Hall–Kier alpha value is -0.810. The first-order valence-electron chi connectivity index (χ1n) is 5.70. The van der Waals surface area contributed by atoms with Gasteiger partial charge in [-0.15, -0.1) is 0 Å². The SMILES string of the molecule is COCC(C)CNc1snc(N)c1C1CC1. The molecule has 3 N–H and O–H groups in total. The minimum Gasteiger partial charge on any atom is -0.384 e. The highest BCUT2D eigenvalue weighted by atomic mass is 32.1. The predicted octanol–water partition coefficient (Wildman–Crippen LogP) is 2.30. The molecular weight excluding hydrogens is 222 g/mol. The predicted molar refractivity (Wildman–Crippen MR) is 68.0 cm³/mol. The maximum atomic E-state index is 5.88. The summed E-state index contributed by atoms with van der Waals surface area (Å²) in [7, 11) is 1.73. The molecule has 5 heteroatoms. The Morgan fingerprint density at radius 2 is 2.38 bits per heavy atom. The molecule has 2 rings (SSSR count). The second-order valence-electron chi connectivity index (χ2n) is 4.53. The van der Waals surface area contributed by atoms with E-state index in [2.05, 4.69) is 16.6 Å². The average Bonchev–Trinajstić information content (AvgIpc) is 3.01. The third kappa shape index (κ3) is 2.65. The van der Waals surface area contributed by atoms with Crippen molar-refractivity contribution in [2.45, 2.75) is 25.7 Å². The zero-order valence-corrected chi connectivity index (χ0v) is 10.6. The van der Waals surface area contributed by atoms with Gasteiger partial charge >= 0.3 is 0 Å².